The van der Waals surface area contributed by atoms with E-state index in [1.54, 1.807) is 0 Å². The molecule has 0 bridgehead atoms. The molecular weight excluding hydrogens is 253 g/mol. The number of aromatic nitrogens is 2. The normalized spacial score (nSPS) is 11.6. The number of hydrogen-bond acceptors (Lipinski definition) is 4. The molecule has 1 N–H and O–H groups in total. The van der Waals surface area contributed by atoms with Gasteiger partial charge < -0.3 is 5.32 Å². The van der Waals surface area contributed by atoms with Crippen molar-refractivity contribution < 1.29 is 18.1 Å². The number of halogens is 3. The Hall–Kier alpha value is -1.80. The summed E-state index contributed by atoms with van der Waals surface area (Å²) in [7, 11) is 1.53. The van der Waals surface area contributed by atoms with Gasteiger partial charge in [0.15, 0.2) is 0 Å². The molecule has 0 amide bonds. The largest absolute Gasteiger partial charge is 0.389 e. The molecule has 0 saturated carbocycles. The van der Waals surface area contributed by atoms with Gasteiger partial charge in [-0.1, -0.05) is 0 Å². The highest BCUT2D eigenvalue weighted by molar-refractivity contribution is 5.54. The highest BCUT2D eigenvalue weighted by atomic mass is 19.4. The molecule has 0 aliphatic rings. The third-order valence-corrected chi connectivity index (χ3v) is 2.19. The zero-order chi connectivity index (χ0) is 13.8. The molecule has 0 aliphatic carbocycles. The molecule has 6 nitrogen and oxygen atoms in total. The second-order valence-corrected chi connectivity index (χ2v) is 3.79. The van der Waals surface area contributed by atoms with E-state index in [2.05, 4.69) is 10.4 Å². The van der Waals surface area contributed by atoms with Gasteiger partial charge in [-0.3, -0.25) is 14.8 Å². The molecule has 0 saturated heterocycles. The Kier molecular flexibility index (Phi) is 4.51. The fourth-order valence-corrected chi connectivity index (χ4v) is 1.39. The fourth-order valence-electron chi connectivity index (χ4n) is 1.39. The van der Waals surface area contributed by atoms with Crippen molar-refractivity contribution in [3.05, 3.63) is 16.3 Å². The molecule has 102 valence electrons. The summed E-state index contributed by atoms with van der Waals surface area (Å²) < 4.78 is 36.8. The number of anilines is 1. The van der Waals surface area contributed by atoms with Gasteiger partial charge in [0.05, 0.1) is 4.92 Å². The van der Waals surface area contributed by atoms with Crippen LogP contribution in [0.5, 0.6) is 0 Å². The van der Waals surface area contributed by atoms with Crippen molar-refractivity contribution in [2.45, 2.75) is 25.4 Å². The summed E-state index contributed by atoms with van der Waals surface area (Å²) in [6.07, 6.45) is -3.52. The molecule has 0 aliphatic heterocycles. The highest BCUT2D eigenvalue weighted by Gasteiger charge is 2.25. The third kappa shape index (κ3) is 4.60. The summed E-state index contributed by atoms with van der Waals surface area (Å²) in [5.41, 5.74) is -0.187. The lowest BCUT2D eigenvalue weighted by Crippen LogP contribution is -2.09. The number of unbranched alkanes of at least 4 members (excludes halogenated alkanes) is 1. The van der Waals surface area contributed by atoms with E-state index >= 15 is 0 Å². The Labute approximate surface area is 101 Å². The molecule has 1 aromatic rings. The van der Waals surface area contributed by atoms with Gasteiger partial charge in [0.1, 0.15) is 6.20 Å². The molecule has 0 unspecified atom stereocenters. The van der Waals surface area contributed by atoms with E-state index in [0.717, 1.165) is 0 Å². The Balaban J connectivity index is 2.38. The van der Waals surface area contributed by atoms with Crippen LogP contribution in [-0.2, 0) is 7.05 Å². The maximum atomic E-state index is 11.9. The summed E-state index contributed by atoms with van der Waals surface area (Å²) in [5.74, 6) is 0.0782. The monoisotopic (exact) mass is 266 g/mol. The standard InChI is InChI=1S/C9H13F3N4O2/c1-15-6-7(16(17)18)8(14-15)13-5-3-2-4-9(10,11)12/h6H,2-5H2,1H3,(H,13,14). The van der Waals surface area contributed by atoms with E-state index in [4.69, 9.17) is 0 Å². The Morgan fingerprint density at radius 1 is 1.50 bits per heavy atom. The maximum absolute atomic E-state index is 11.9. The summed E-state index contributed by atoms with van der Waals surface area (Å²) >= 11 is 0. The van der Waals surface area contributed by atoms with Crippen molar-refractivity contribution in [1.29, 1.82) is 0 Å². The summed E-state index contributed by atoms with van der Waals surface area (Å²) in [6, 6.07) is 0. The van der Waals surface area contributed by atoms with Crippen molar-refractivity contribution in [2.75, 3.05) is 11.9 Å². The molecule has 0 atom stereocenters. The number of aryl methyl sites for hydroxylation is 1. The first-order valence-corrected chi connectivity index (χ1v) is 5.28. The van der Waals surface area contributed by atoms with Crippen LogP contribution in [0, 0.1) is 10.1 Å². The van der Waals surface area contributed by atoms with Crippen molar-refractivity contribution >= 4 is 11.5 Å². The van der Waals surface area contributed by atoms with E-state index in [9.17, 15) is 23.3 Å². The predicted octanol–water partition coefficient (Wildman–Crippen LogP) is 2.47. The van der Waals surface area contributed by atoms with Gasteiger partial charge in [-0.25, -0.2) is 0 Å². The van der Waals surface area contributed by atoms with Crippen molar-refractivity contribution in [2.24, 2.45) is 7.05 Å². The molecule has 1 aromatic heterocycles. The quantitative estimate of drug-likeness (QED) is 0.487. The first-order valence-electron chi connectivity index (χ1n) is 5.28. The van der Waals surface area contributed by atoms with Crippen LogP contribution in [0.15, 0.2) is 6.20 Å². The van der Waals surface area contributed by atoms with Crippen LogP contribution in [0.1, 0.15) is 19.3 Å². The summed E-state index contributed by atoms with van der Waals surface area (Å²) in [5, 5.41) is 17.1. The molecule has 0 aromatic carbocycles. The smallest absolute Gasteiger partial charge is 0.363 e. The maximum Gasteiger partial charge on any atom is 0.389 e. The summed E-state index contributed by atoms with van der Waals surface area (Å²) in [6.45, 7) is 0.216. The average Bonchev–Trinajstić information content (AvgIpc) is 2.57. The number of nitro groups is 1. The lowest BCUT2D eigenvalue weighted by molar-refractivity contribution is -0.384. The summed E-state index contributed by atoms with van der Waals surface area (Å²) in [4.78, 5) is 10.0. The van der Waals surface area contributed by atoms with Gasteiger partial charge >= 0.3 is 11.9 Å². The van der Waals surface area contributed by atoms with Crippen molar-refractivity contribution in [3.8, 4) is 0 Å². The lowest BCUT2D eigenvalue weighted by atomic mass is 10.2. The molecule has 0 fully saturated rings. The minimum Gasteiger partial charge on any atom is -0.363 e. The van der Waals surface area contributed by atoms with Gasteiger partial charge in [-0.15, -0.1) is 5.10 Å². The van der Waals surface area contributed by atoms with Gasteiger partial charge in [-0.05, 0) is 12.8 Å². The van der Waals surface area contributed by atoms with E-state index in [1.165, 1.54) is 17.9 Å². The van der Waals surface area contributed by atoms with Gasteiger partial charge in [0, 0.05) is 20.0 Å². The van der Waals surface area contributed by atoms with Gasteiger partial charge in [0.2, 0.25) is 5.82 Å². The van der Waals surface area contributed by atoms with Crippen molar-refractivity contribution in [3.63, 3.8) is 0 Å². The van der Waals surface area contributed by atoms with Gasteiger partial charge in [0.25, 0.3) is 0 Å². The minimum absolute atomic E-state index is 0.0167. The predicted molar refractivity (Wildman–Crippen MR) is 58.3 cm³/mol. The van der Waals surface area contributed by atoms with Crippen LogP contribution in [0.3, 0.4) is 0 Å². The van der Waals surface area contributed by atoms with Crippen LogP contribution >= 0.6 is 0 Å². The van der Waals surface area contributed by atoms with Crippen LogP contribution in [0.2, 0.25) is 0 Å². The highest BCUT2D eigenvalue weighted by Crippen LogP contribution is 2.23. The van der Waals surface area contributed by atoms with Crippen LogP contribution < -0.4 is 5.32 Å². The zero-order valence-corrected chi connectivity index (χ0v) is 9.70. The SMILES string of the molecule is Cn1cc([N+](=O)[O-])c(NCCCCC(F)(F)F)n1. The molecule has 0 spiro atoms. The first-order chi connectivity index (χ1) is 8.29. The molecule has 1 rings (SSSR count). The van der Waals surface area contributed by atoms with E-state index < -0.39 is 17.5 Å². The van der Waals surface area contributed by atoms with Crippen LogP contribution in [0.25, 0.3) is 0 Å². The first kappa shape index (κ1) is 14.3. The minimum atomic E-state index is -4.16. The molecule has 0 radical (unpaired) electrons. The molecule has 18 heavy (non-hydrogen) atoms. The lowest BCUT2D eigenvalue weighted by Gasteiger charge is -2.06. The van der Waals surface area contributed by atoms with Crippen LogP contribution in [0.4, 0.5) is 24.7 Å². The Bertz CT molecular complexity index is 416. The van der Waals surface area contributed by atoms with Crippen molar-refractivity contribution in [1.82, 2.24) is 9.78 Å². The van der Waals surface area contributed by atoms with Crippen LogP contribution in [-0.4, -0.2) is 27.4 Å². The number of nitrogens with zero attached hydrogens (tertiary/aromatic N) is 3. The van der Waals surface area contributed by atoms with E-state index in [-0.39, 0.29) is 30.9 Å². The Morgan fingerprint density at radius 2 is 2.17 bits per heavy atom. The second kappa shape index (κ2) is 5.69. The molecular formula is C9H13F3N4O2. The Morgan fingerprint density at radius 3 is 2.72 bits per heavy atom. The van der Waals surface area contributed by atoms with E-state index in [1.807, 2.05) is 0 Å². The number of rotatable bonds is 6. The molecule has 9 heteroatoms. The van der Waals surface area contributed by atoms with Gasteiger partial charge in [-0.2, -0.15) is 13.2 Å². The average molecular weight is 266 g/mol. The number of alkyl halides is 3. The number of hydrogen-bond donors (Lipinski definition) is 1. The third-order valence-electron chi connectivity index (χ3n) is 2.19. The fraction of sp³-hybridized carbons (Fsp3) is 0.667. The number of nitrogens with one attached hydrogen (secondary N) is 1. The topological polar surface area (TPSA) is 73.0 Å². The molecule has 1 heterocycles. The van der Waals surface area contributed by atoms with E-state index in [0.29, 0.717) is 0 Å². The zero-order valence-electron chi connectivity index (χ0n) is 9.70. The second-order valence-electron chi connectivity index (χ2n) is 3.79.